The predicted octanol–water partition coefficient (Wildman–Crippen LogP) is 2.51. The van der Waals surface area contributed by atoms with E-state index in [-0.39, 0.29) is 11.7 Å². The van der Waals surface area contributed by atoms with Gasteiger partial charge in [0.25, 0.3) is 5.91 Å². The minimum atomic E-state index is -0.0716. The average molecular weight is 340 g/mol. The number of carbonyl (C=O) groups excluding carboxylic acids is 1. The SMILES string of the molecule is CCc1ccc(O)c(C(=O)N2CCC(c3nnc4n3CCC4)CC2)c1. The maximum atomic E-state index is 12.8. The number of nitrogens with zero attached hydrogens (tertiary/aromatic N) is 4. The van der Waals surface area contributed by atoms with Gasteiger partial charge in [0.2, 0.25) is 0 Å². The highest BCUT2D eigenvalue weighted by molar-refractivity contribution is 5.97. The predicted molar refractivity (Wildman–Crippen MR) is 93.7 cm³/mol. The van der Waals surface area contributed by atoms with Crippen LogP contribution in [0.25, 0.3) is 0 Å². The van der Waals surface area contributed by atoms with Crippen LogP contribution in [-0.4, -0.2) is 43.8 Å². The second-order valence-corrected chi connectivity index (χ2v) is 7.00. The summed E-state index contributed by atoms with van der Waals surface area (Å²) in [6.45, 7) is 4.46. The van der Waals surface area contributed by atoms with Gasteiger partial charge in [0.1, 0.15) is 17.4 Å². The van der Waals surface area contributed by atoms with Gasteiger partial charge in [0, 0.05) is 32.0 Å². The number of phenols is 1. The molecule has 0 radical (unpaired) electrons. The van der Waals surface area contributed by atoms with Crippen molar-refractivity contribution >= 4 is 5.91 Å². The van der Waals surface area contributed by atoms with Crippen molar-refractivity contribution in [3.05, 3.63) is 41.0 Å². The summed E-state index contributed by atoms with van der Waals surface area (Å²) >= 11 is 0. The minimum absolute atomic E-state index is 0.0691. The van der Waals surface area contributed by atoms with Gasteiger partial charge in [0.05, 0.1) is 5.56 Å². The lowest BCUT2D eigenvalue weighted by Crippen LogP contribution is -2.38. The first-order valence-electron chi connectivity index (χ1n) is 9.20. The summed E-state index contributed by atoms with van der Waals surface area (Å²) in [6, 6.07) is 5.30. The summed E-state index contributed by atoms with van der Waals surface area (Å²) < 4.78 is 2.26. The van der Waals surface area contributed by atoms with Gasteiger partial charge >= 0.3 is 0 Å². The number of aryl methyl sites for hydroxylation is 2. The quantitative estimate of drug-likeness (QED) is 0.932. The molecule has 1 saturated heterocycles. The zero-order chi connectivity index (χ0) is 17.4. The van der Waals surface area contributed by atoms with Crippen LogP contribution < -0.4 is 0 Å². The summed E-state index contributed by atoms with van der Waals surface area (Å²) in [5, 5.41) is 18.8. The molecule has 1 aromatic carbocycles. The van der Waals surface area contributed by atoms with Crippen LogP contribution in [0.5, 0.6) is 5.75 Å². The number of phenolic OH excluding ortho intramolecular Hbond substituents is 1. The highest BCUT2D eigenvalue weighted by Gasteiger charge is 2.30. The molecule has 1 N–H and O–H groups in total. The van der Waals surface area contributed by atoms with Crippen LogP contribution in [0.4, 0.5) is 0 Å². The van der Waals surface area contributed by atoms with Gasteiger partial charge in [-0.05, 0) is 43.4 Å². The number of hydrogen-bond acceptors (Lipinski definition) is 4. The monoisotopic (exact) mass is 340 g/mol. The molecule has 1 fully saturated rings. The molecule has 6 nitrogen and oxygen atoms in total. The molecule has 1 amide bonds. The molecule has 2 aromatic rings. The number of likely N-dealkylation sites (tertiary alicyclic amines) is 1. The zero-order valence-corrected chi connectivity index (χ0v) is 14.6. The molecule has 0 aliphatic carbocycles. The van der Waals surface area contributed by atoms with Gasteiger partial charge in [0.15, 0.2) is 0 Å². The molecule has 2 aliphatic heterocycles. The van der Waals surface area contributed by atoms with E-state index < -0.39 is 0 Å². The molecule has 4 rings (SSSR count). The number of rotatable bonds is 3. The van der Waals surface area contributed by atoms with Gasteiger partial charge in [-0.25, -0.2) is 0 Å². The van der Waals surface area contributed by atoms with E-state index in [1.165, 1.54) is 0 Å². The number of piperidine rings is 1. The first kappa shape index (κ1) is 16.1. The van der Waals surface area contributed by atoms with E-state index in [2.05, 4.69) is 14.8 Å². The lowest BCUT2D eigenvalue weighted by atomic mass is 9.95. The van der Waals surface area contributed by atoms with Gasteiger partial charge in [-0.3, -0.25) is 4.79 Å². The van der Waals surface area contributed by atoms with Crippen molar-refractivity contribution < 1.29 is 9.90 Å². The third kappa shape index (κ3) is 2.90. The number of hydrogen-bond donors (Lipinski definition) is 1. The van der Waals surface area contributed by atoms with Crippen LogP contribution in [0.3, 0.4) is 0 Å². The Morgan fingerprint density at radius 3 is 2.80 bits per heavy atom. The molecule has 0 saturated carbocycles. The molecule has 2 aliphatic rings. The number of fused-ring (bicyclic) bond motifs is 1. The second-order valence-electron chi connectivity index (χ2n) is 7.00. The summed E-state index contributed by atoms with van der Waals surface area (Å²) in [5.74, 6) is 2.57. The van der Waals surface area contributed by atoms with Crippen molar-refractivity contribution in [2.24, 2.45) is 0 Å². The normalized spacial score (nSPS) is 17.7. The Morgan fingerprint density at radius 2 is 2.04 bits per heavy atom. The Bertz CT molecular complexity index is 791. The third-order valence-electron chi connectivity index (χ3n) is 5.49. The van der Waals surface area contributed by atoms with E-state index in [0.29, 0.717) is 24.6 Å². The highest BCUT2D eigenvalue weighted by atomic mass is 16.3. The number of carbonyl (C=O) groups is 1. The Kier molecular flexibility index (Phi) is 4.19. The van der Waals surface area contributed by atoms with Crippen LogP contribution in [0, 0.1) is 0 Å². The molecular weight excluding hydrogens is 316 g/mol. The van der Waals surface area contributed by atoms with Crippen LogP contribution in [0.1, 0.15) is 59.7 Å². The summed E-state index contributed by atoms with van der Waals surface area (Å²) in [5.41, 5.74) is 1.48. The fourth-order valence-corrected chi connectivity index (χ4v) is 3.96. The second kappa shape index (κ2) is 6.50. The maximum absolute atomic E-state index is 12.8. The Morgan fingerprint density at radius 1 is 1.24 bits per heavy atom. The Labute approximate surface area is 147 Å². The average Bonchev–Trinajstić information content (AvgIpc) is 3.25. The molecule has 6 heteroatoms. The van der Waals surface area contributed by atoms with E-state index in [4.69, 9.17) is 0 Å². The highest BCUT2D eigenvalue weighted by Crippen LogP contribution is 2.31. The Balaban J connectivity index is 1.46. The van der Waals surface area contributed by atoms with Crippen molar-refractivity contribution in [3.8, 4) is 5.75 Å². The van der Waals surface area contributed by atoms with E-state index in [0.717, 1.165) is 55.9 Å². The van der Waals surface area contributed by atoms with Crippen molar-refractivity contribution in [2.45, 2.75) is 51.5 Å². The largest absolute Gasteiger partial charge is 0.507 e. The molecule has 0 bridgehead atoms. The van der Waals surface area contributed by atoms with Gasteiger partial charge in [-0.15, -0.1) is 10.2 Å². The smallest absolute Gasteiger partial charge is 0.257 e. The van der Waals surface area contributed by atoms with Gasteiger partial charge in [-0.1, -0.05) is 13.0 Å². The minimum Gasteiger partial charge on any atom is -0.507 e. The fraction of sp³-hybridized carbons (Fsp3) is 0.526. The number of amides is 1. The van der Waals surface area contributed by atoms with Crippen molar-refractivity contribution in [1.29, 1.82) is 0 Å². The first-order chi connectivity index (χ1) is 12.2. The summed E-state index contributed by atoms with van der Waals surface area (Å²) in [4.78, 5) is 14.7. The summed E-state index contributed by atoms with van der Waals surface area (Å²) in [6.07, 6.45) is 4.83. The molecule has 1 aromatic heterocycles. The van der Waals surface area contributed by atoms with E-state index in [1.54, 1.807) is 6.07 Å². The van der Waals surface area contributed by atoms with Crippen LogP contribution in [-0.2, 0) is 19.4 Å². The summed E-state index contributed by atoms with van der Waals surface area (Å²) in [7, 11) is 0. The fourth-order valence-electron chi connectivity index (χ4n) is 3.96. The topological polar surface area (TPSA) is 71.2 Å². The van der Waals surface area contributed by atoms with Crippen molar-refractivity contribution in [2.75, 3.05) is 13.1 Å². The van der Waals surface area contributed by atoms with Gasteiger partial charge in [-0.2, -0.15) is 0 Å². The zero-order valence-electron chi connectivity index (χ0n) is 14.6. The van der Waals surface area contributed by atoms with E-state index in [1.807, 2.05) is 24.0 Å². The lowest BCUT2D eigenvalue weighted by Gasteiger charge is -2.31. The van der Waals surface area contributed by atoms with Crippen LogP contribution in [0.15, 0.2) is 18.2 Å². The molecule has 132 valence electrons. The molecule has 25 heavy (non-hydrogen) atoms. The number of benzene rings is 1. The van der Waals surface area contributed by atoms with Crippen molar-refractivity contribution in [3.63, 3.8) is 0 Å². The van der Waals surface area contributed by atoms with Crippen LogP contribution in [0.2, 0.25) is 0 Å². The molecule has 3 heterocycles. The molecular formula is C19H24N4O2. The Hall–Kier alpha value is -2.37. The lowest BCUT2D eigenvalue weighted by molar-refractivity contribution is 0.0707. The van der Waals surface area contributed by atoms with Crippen LogP contribution >= 0.6 is 0 Å². The maximum Gasteiger partial charge on any atom is 0.257 e. The van der Waals surface area contributed by atoms with E-state index in [9.17, 15) is 9.90 Å². The third-order valence-corrected chi connectivity index (χ3v) is 5.49. The van der Waals surface area contributed by atoms with Crippen molar-refractivity contribution in [1.82, 2.24) is 19.7 Å². The number of aromatic nitrogens is 3. The molecule has 0 atom stereocenters. The molecule has 0 unspecified atom stereocenters. The van der Waals surface area contributed by atoms with E-state index >= 15 is 0 Å². The molecule has 0 spiro atoms. The van der Waals surface area contributed by atoms with Gasteiger partial charge < -0.3 is 14.6 Å². The number of aromatic hydroxyl groups is 1. The standard InChI is InChI=1S/C19H24N4O2/c1-2-13-5-6-16(24)15(12-13)19(25)22-10-7-14(8-11-22)18-21-20-17-4-3-9-23(17)18/h5-6,12,14,24H,2-4,7-11H2,1H3. The first-order valence-corrected chi connectivity index (χ1v) is 9.20.